The van der Waals surface area contributed by atoms with Gasteiger partial charge in [-0.25, -0.2) is 0 Å². The lowest BCUT2D eigenvalue weighted by Crippen LogP contribution is -1.93. The molecule has 0 aromatic carbocycles. The summed E-state index contributed by atoms with van der Waals surface area (Å²) in [4.78, 5) is 10.5. The summed E-state index contributed by atoms with van der Waals surface area (Å²) in [6, 6.07) is 0. The summed E-state index contributed by atoms with van der Waals surface area (Å²) < 4.78 is 32.8. The van der Waals surface area contributed by atoms with Crippen molar-refractivity contribution in [3.8, 4) is 0 Å². The number of hydrogen-bond acceptors (Lipinski definition) is 1. The van der Waals surface area contributed by atoms with Crippen LogP contribution in [0.2, 0.25) is 0 Å². The van der Waals surface area contributed by atoms with Gasteiger partial charge in [0.2, 0.25) is 0 Å². The predicted octanol–water partition coefficient (Wildman–Crippen LogP) is 8.67. The third-order valence-corrected chi connectivity index (χ3v) is 4.97. The minimum atomic E-state index is -1.77. The number of carbonyl (C=O) groups is 1. The number of rotatable bonds is 22. The molecule has 0 unspecified atom stereocenters. The van der Waals surface area contributed by atoms with Crippen LogP contribution in [-0.4, -0.2) is 11.1 Å². The van der Waals surface area contributed by atoms with Crippen molar-refractivity contribution in [3.63, 3.8) is 0 Å². The molecular formula is C24H48O2. The first-order valence-corrected chi connectivity index (χ1v) is 11.4. The molecule has 0 atom stereocenters. The molecule has 0 aromatic rings. The summed E-state index contributed by atoms with van der Waals surface area (Å²) in [5.41, 5.74) is 0. The minimum Gasteiger partial charge on any atom is -0.481 e. The van der Waals surface area contributed by atoms with Gasteiger partial charge in [0.05, 0.1) is 0 Å². The van der Waals surface area contributed by atoms with Crippen molar-refractivity contribution in [2.24, 2.45) is 0 Å². The Labute approximate surface area is 170 Å². The molecule has 0 amide bonds. The van der Waals surface area contributed by atoms with Crippen molar-refractivity contribution in [2.45, 2.75) is 148 Å². The molecule has 26 heavy (non-hydrogen) atoms. The van der Waals surface area contributed by atoms with Crippen LogP contribution in [-0.2, 0) is 4.79 Å². The first kappa shape index (κ1) is 18.8. The van der Waals surface area contributed by atoms with Crippen LogP contribution in [0.5, 0.6) is 0 Å². The summed E-state index contributed by atoms with van der Waals surface area (Å²) in [6.07, 6.45) is 15.8. The van der Waals surface area contributed by atoms with Gasteiger partial charge in [0.15, 0.2) is 0 Å². The molecule has 0 rings (SSSR count). The third kappa shape index (κ3) is 23.5. The Bertz CT molecular complexity index is 414. The van der Waals surface area contributed by atoms with Gasteiger partial charge in [-0.2, -0.15) is 0 Å². The van der Waals surface area contributed by atoms with Gasteiger partial charge in [-0.3, -0.25) is 4.79 Å². The highest BCUT2D eigenvalue weighted by Crippen LogP contribution is 2.15. The first-order valence-electron chi connectivity index (χ1n) is 13.4. The molecule has 0 aliphatic heterocycles. The Hall–Kier alpha value is -0.530. The van der Waals surface area contributed by atoms with Crippen molar-refractivity contribution in [1.29, 1.82) is 0 Å². The number of unbranched alkanes of at least 4 members (excludes halogenated alkanes) is 15. The molecule has 0 radical (unpaired) electrons. The van der Waals surface area contributed by atoms with Gasteiger partial charge in [0.25, 0.3) is 0 Å². The van der Waals surface area contributed by atoms with E-state index in [0.29, 0.717) is 19.3 Å². The normalized spacial score (nSPS) is 14.5. The predicted molar refractivity (Wildman–Crippen MR) is 115 cm³/mol. The molecule has 0 spiro atoms. The van der Waals surface area contributed by atoms with Gasteiger partial charge in [0, 0.05) is 11.9 Å². The van der Waals surface area contributed by atoms with Gasteiger partial charge < -0.3 is 5.11 Å². The Morgan fingerprint density at radius 1 is 0.577 bits per heavy atom. The van der Waals surface area contributed by atoms with Crippen LogP contribution in [0.1, 0.15) is 154 Å². The lowest BCUT2D eigenvalue weighted by Gasteiger charge is -2.04. The fourth-order valence-electron chi connectivity index (χ4n) is 3.25. The second kappa shape index (κ2) is 22.5. The quantitative estimate of drug-likeness (QED) is 0.193. The van der Waals surface area contributed by atoms with Crippen molar-refractivity contribution >= 4 is 5.97 Å². The maximum atomic E-state index is 10.5. The van der Waals surface area contributed by atoms with Crippen LogP contribution in [0.25, 0.3) is 0 Å². The van der Waals surface area contributed by atoms with Gasteiger partial charge in [-0.1, -0.05) is 135 Å². The van der Waals surface area contributed by atoms with Crippen LogP contribution in [0.15, 0.2) is 0 Å². The van der Waals surface area contributed by atoms with E-state index in [-0.39, 0.29) is 12.8 Å². The van der Waals surface area contributed by atoms with Crippen LogP contribution < -0.4 is 0 Å². The highest BCUT2D eigenvalue weighted by molar-refractivity contribution is 5.66. The molecule has 0 heterocycles. The van der Waals surface area contributed by atoms with Crippen molar-refractivity contribution in [3.05, 3.63) is 0 Å². The molecular weight excluding hydrogens is 320 g/mol. The maximum absolute atomic E-state index is 10.5. The van der Waals surface area contributed by atoms with Gasteiger partial charge >= 0.3 is 5.97 Å². The lowest BCUT2D eigenvalue weighted by molar-refractivity contribution is -0.137. The number of hydrogen-bond donors (Lipinski definition) is 1. The van der Waals surface area contributed by atoms with Gasteiger partial charge in [0.1, 0.15) is 0 Å². The minimum absolute atomic E-state index is 0.224. The van der Waals surface area contributed by atoms with Crippen LogP contribution in [0.4, 0.5) is 0 Å². The van der Waals surface area contributed by atoms with E-state index in [2.05, 4.69) is 6.92 Å². The first-order chi connectivity index (χ1) is 14.2. The van der Waals surface area contributed by atoms with E-state index < -0.39 is 18.7 Å². The fourth-order valence-corrected chi connectivity index (χ4v) is 3.25. The summed E-state index contributed by atoms with van der Waals surface area (Å²) in [6.45, 7) is 2.24. The van der Waals surface area contributed by atoms with E-state index in [4.69, 9.17) is 10.6 Å². The topological polar surface area (TPSA) is 37.3 Å². The molecule has 1 N–H and O–H groups in total. The SMILES string of the molecule is [2H]C([2H])(CCCCCCCCCCCCC)C([2H])([2H])CCCCCCCCC(=O)O. The van der Waals surface area contributed by atoms with E-state index >= 15 is 0 Å². The highest BCUT2D eigenvalue weighted by Gasteiger charge is 1.97. The second-order valence-corrected chi connectivity index (χ2v) is 7.65. The summed E-state index contributed by atoms with van der Waals surface area (Å²) in [5, 5.41) is 8.60. The zero-order valence-electron chi connectivity index (χ0n) is 21.5. The summed E-state index contributed by atoms with van der Waals surface area (Å²) in [5.74, 6) is -0.747. The molecule has 0 aliphatic carbocycles. The van der Waals surface area contributed by atoms with Crippen molar-refractivity contribution in [1.82, 2.24) is 0 Å². The zero-order chi connectivity index (χ0) is 22.7. The maximum Gasteiger partial charge on any atom is 0.303 e. The fraction of sp³-hybridized carbons (Fsp3) is 0.958. The number of carboxylic acids is 1. The van der Waals surface area contributed by atoms with Gasteiger partial charge in [-0.15, -0.1) is 0 Å². The van der Waals surface area contributed by atoms with E-state index in [9.17, 15) is 4.79 Å². The molecule has 0 saturated heterocycles. The number of aliphatic carboxylic acids is 1. The molecule has 2 nitrogen and oxygen atoms in total. The Balaban J connectivity index is 3.71. The van der Waals surface area contributed by atoms with Crippen molar-refractivity contribution in [2.75, 3.05) is 0 Å². The molecule has 2 heteroatoms. The molecule has 0 fully saturated rings. The van der Waals surface area contributed by atoms with E-state index in [1.807, 2.05) is 0 Å². The smallest absolute Gasteiger partial charge is 0.303 e. The molecule has 0 aliphatic rings. The zero-order valence-corrected chi connectivity index (χ0v) is 17.5. The average Bonchev–Trinajstić information content (AvgIpc) is 2.67. The van der Waals surface area contributed by atoms with Gasteiger partial charge in [-0.05, 0) is 6.42 Å². The van der Waals surface area contributed by atoms with E-state index in [1.165, 1.54) is 51.4 Å². The molecule has 0 aromatic heterocycles. The average molecular weight is 373 g/mol. The third-order valence-electron chi connectivity index (χ3n) is 4.97. The summed E-state index contributed by atoms with van der Waals surface area (Å²) >= 11 is 0. The number of carboxylic acid groups (broad SMARTS) is 1. The lowest BCUT2D eigenvalue weighted by atomic mass is 10.0. The monoisotopic (exact) mass is 372 g/mol. The van der Waals surface area contributed by atoms with Crippen LogP contribution >= 0.6 is 0 Å². The Morgan fingerprint density at radius 3 is 1.23 bits per heavy atom. The van der Waals surface area contributed by atoms with E-state index in [1.54, 1.807) is 0 Å². The molecule has 0 saturated carbocycles. The largest absolute Gasteiger partial charge is 0.481 e. The van der Waals surface area contributed by atoms with Crippen LogP contribution in [0, 0.1) is 0 Å². The summed E-state index contributed by atoms with van der Waals surface area (Å²) in [7, 11) is 0. The van der Waals surface area contributed by atoms with Crippen LogP contribution in [0.3, 0.4) is 0 Å². The Morgan fingerprint density at radius 2 is 0.885 bits per heavy atom. The Kier molecular flexibility index (Phi) is 16.3. The highest BCUT2D eigenvalue weighted by atomic mass is 16.4. The van der Waals surface area contributed by atoms with Crippen molar-refractivity contribution < 1.29 is 15.4 Å². The second-order valence-electron chi connectivity index (χ2n) is 7.65. The molecule has 0 bridgehead atoms. The van der Waals surface area contributed by atoms with E-state index in [0.717, 1.165) is 44.9 Å². The molecule has 156 valence electrons. The standard InChI is InChI=1S/C24H48O2/c1-2-3-4-5-6-7-8-9-10-11-12-13-14-15-16-17-18-19-20-21-22-23-24(25)26/h2-23H2,1H3,(H,25,26)/i14D2,15D2.